The molecule has 0 aliphatic rings. The zero-order valence-electron chi connectivity index (χ0n) is 13.2. The zero-order valence-corrected chi connectivity index (χ0v) is 14.7. The van der Waals surface area contributed by atoms with Gasteiger partial charge in [0, 0.05) is 22.2 Å². The molecule has 0 saturated carbocycles. The van der Waals surface area contributed by atoms with E-state index in [1.165, 1.54) is 12.1 Å². The Morgan fingerprint density at radius 2 is 2.00 bits per heavy atom. The van der Waals surface area contributed by atoms with Gasteiger partial charge in [-0.3, -0.25) is 15.5 Å². The van der Waals surface area contributed by atoms with E-state index in [0.717, 1.165) is 10.0 Å². The van der Waals surface area contributed by atoms with Crippen LogP contribution in [-0.4, -0.2) is 24.9 Å². The fraction of sp³-hybridized carbons (Fsp3) is 0.188. The number of anilines is 1. The van der Waals surface area contributed by atoms with Gasteiger partial charge >= 0.3 is 0 Å². The van der Waals surface area contributed by atoms with E-state index in [1.807, 2.05) is 13.0 Å². The molecule has 0 unspecified atom stereocenters. The van der Waals surface area contributed by atoms with Gasteiger partial charge in [-0.1, -0.05) is 0 Å². The highest BCUT2D eigenvalue weighted by Crippen LogP contribution is 2.32. The first-order valence-electron chi connectivity index (χ1n) is 7.09. The minimum absolute atomic E-state index is 0.0313. The minimum atomic E-state index is -0.448. The number of hydrogen-bond acceptors (Lipinski definition) is 6. The molecule has 0 aromatic heterocycles. The number of hydrazone groups is 1. The van der Waals surface area contributed by atoms with Crippen molar-refractivity contribution in [2.24, 2.45) is 5.10 Å². The molecule has 0 spiro atoms. The summed E-state index contributed by atoms with van der Waals surface area (Å²) in [5, 5.41) is 14.7. The highest BCUT2D eigenvalue weighted by molar-refractivity contribution is 9.10. The topological polar surface area (TPSA) is 86.0 Å². The molecule has 0 aliphatic carbocycles. The summed E-state index contributed by atoms with van der Waals surface area (Å²) >= 11 is 3.46. The summed E-state index contributed by atoms with van der Waals surface area (Å²) in [7, 11) is 1.58. The fourth-order valence-electron chi connectivity index (χ4n) is 1.91. The molecule has 0 bridgehead atoms. The Kier molecular flexibility index (Phi) is 6.14. The Hall–Kier alpha value is -2.61. The van der Waals surface area contributed by atoms with E-state index < -0.39 is 4.92 Å². The number of non-ortho nitro benzene ring substituents is 1. The molecule has 8 heteroatoms. The van der Waals surface area contributed by atoms with Crippen molar-refractivity contribution in [3.8, 4) is 11.5 Å². The second-order valence-electron chi connectivity index (χ2n) is 4.63. The van der Waals surface area contributed by atoms with Crippen molar-refractivity contribution in [3.63, 3.8) is 0 Å². The molecular formula is C16H16BrN3O4. The lowest BCUT2D eigenvalue weighted by atomic mass is 10.2. The molecule has 24 heavy (non-hydrogen) atoms. The van der Waals surface area contributed by atoms with E-state index >= 15 is 0 Å². The standard InChI is InChI=1S/C16H16BrN3O4/c1-3-24-16-8-11(14(17)9-15(16)23-2)10-18-19-12-4-6-13(7-5-12)20(21)22/h4-10,19H,3H2,1-2H3/b18-10-. The molecule has 0 fully saturated rings. The summed E-state index contributed by atoms with van der Waals surface area (Å²) in [5.74, 6) is 1.25. The zero-order chi connectivity index (χ0) is 17.5. The van der Waals surface area contributed by atoms with Gasteiger partial charge < -0.3 is 9.47 Å². The molecule has 0 aliphatic heterocycles. The molecule has 2 rings (SSSR count). The van der Waals surface area contributed by atoms with E-state index in [1.54, 1.807) is 31.5 Å². The number of ether oxygens (including phenoxy) is 2. The van der Waals surface area contributed by atoms with Gasteiger partial charge in [0.2, 0.25) is 0 Å². The average Bonchev–Trinajstić information content (AvgIpc) is 2.58. The average molecular weight is 394 g/mol. The molecule has 0 atom stereocenters. The lowest BCUT2D eigenvalue weighted by molar-refractivity contribution is -0.384. The van der Waals surface area contributed by atoms with E-state index in [0.29, 0.717) is 23.8 Å². The van der Waals surface area contributed by atoms with Gasteiger partial charge in [0.15, 0.2) is 11.5 Å². The number of nitrogens with one attached hydrogen (secondary N) is 1. The Morgan fingerprint density at radius 3 is 2.58 bits per heavy atom. The van der Waals surface area contributed by atoms with Gasteiger partial charge in [0.1, 0.15) is 0 Å². The summed E-state index contributed by atoms with van der Waals surface area (Å²) in [5.41, 5.74) is 4.30. The van der Waals surface area contributed by atoms with Crippen LogP contribution in [0.5, 0.6) is 11.5 Å². The smallest absolute Gasteiger partial charge is 0.269 e. The summed E-state index contributed by atoms with van der Waals surface area (Å²) < 4.78 is 11.6. The van der Waals surface area contributed by atoms with Crippen molar-refractivity contribution >= 4 is 33.5 Å². The van der Waals surface area contributed by atoms with Crippen molar-refractivity contribution in [3.05, 3.63) is 56.5 Å². The molecule has 2 aromatic rings. The third-order valence-electron chi connectivity index (χ3n) is 3.06. The minimum Gasteiger partial charge on any atom is -0.493 e. The Balaban J connectivity index is 2.13. The van der Waals surface area contributed by atoms with Crippen LogP contribution in [0.15, 0.2) is 46.0 Å². The second-order valence-corrected chi connectivity index (χ2v) is 5.49. The largest absolute Gasteiger partial charge is 0.493 e. The van der Waals surface area contributed by atoms with Crippen molar-refractivity contribution < 1.29 is 14.4 Å². The van der Waals surface area contributed by atoms with Crippen LogP contribution in [0.1, 0.15) is 12.5 Å². The molecule has 2 aromatic carbocycles. The number of halogens is 1. The monoisotopic (exact) mass is 393 g/mol. The van der Waals surface area contributed by atoms with E-state index in [9.17, 15) is 10.1 Å². The highest BCUT2D eigenvalue weighted by atomic mass is 79.9. The van der Waals surface area contributed by atoms with Crippen LogP contribution in [-0.2, 0) is 0 Å². The highest BCUT2D eigenvalue weighted by Gasteiger charge is 2.09. The lowest BCUT2D eigenvalue weighted by Crippen LogP contribution is -1.98. The van der Waals surface area contributed by atoms with Gasteiger partial charge in [-0.25, -0.2) is 0 Å². The number of rotatable bonds is 7. The van der Waals surface area contributed by atoms with Gasteiger partial charge in [-0.05, 0) is 47.1 Å². The Bertz CT molecular complexity index is 748. The molecular weight excluding hydrogens is 378 g/mol. The maximum absolute atomic E-state index is 10.6. The van der Waals surface area contributed by atoms with E-state index in [-0.39, 0.29) is 5.69 Å². The van der Waals surface area contributed by atoms with Crippen LogP contribution in [0.3, 0.4) is 0 Å². The number of methoxy groups -OCH3 is 1. The summed E-state index contributed by atoms with van der Waals surface area (Å²) in [6.45, 7) is 2.42. The molecule has 1 N–H and O–H groups in total. The third-order valence-corrected chi connectivity index (χ3v) is 3.74. The molecule has 126 valence electrons. The van der Waals surface area contributed by atoms with Gasteiger partial charge in [-0.2, -0.15) is 5.10 Å². The molecule has 0 saturated heterocycles. The molecule has 0 amide bonds. The number of nitro groups is 1. The van der Waals surface area contributed by atoms with Crippen molar-refractivity contribution in [2.75, 3.05) is 19.1 Å². The summed E-state index contributed by atoms with van der Waals surface area (Å²) in [4.78, 5) is 10.2. The SMILES string of the molecule is CCOc1cc(/C=N\Nc2ccc([N+](=O)[O-])cc2)c(Br)cc1OC. The van der Waals surface area contributed by atoms with Crippen LogP contribution < -0.4 is 14.9 Å². The van der Waals surface area contributed by atoms with Crippen LogP contribution >= 0.6 is 15.9 Å². The van der Waals surface area contributed by atoms with E-state index in [2.05, 4.69) is 26.5 Å². The summed E-state index contributed by atoms with van der Waals surface area (Å²) in [6.07, 6.45) is 1.62. The first kappa shape index (κ1) is 17.7. The first-order valence-corrected chi connectivity index (χ1v) is 7.88. The normalized spacial score (nSPS) is 10.6. The van der Waals surface area contributed by atoms with Crippen LogP contribution in [0.25, 0.3) is 0 Å². The number of nitro benzene ring substituents is 1. The van der Waals surface area contributed by atoms with E-state index in [4.69, 9.17) is 9.47 Å². The lowest BCUT2D eigenvalue weighted by Gasteiger charge is -2.11. The van der Waals surface area contributed by atoms with Crippen LogP contribution in [0.2, 0.25) is 0 Å². The van der Waals surface area contributed by atoms with Crippen molar-refractivity contribution in [2.45, 2.75) is 6.92 Å². The maximum atomic E-state index is 10.6. The Morgan fingerprint density at radius 1 is 1.29 bits per heavy atom. The Labute approximate surface area is 147 Å². The predicted octanol–water partition coefficient (Wildman–Crippen LogP) is 4.21. The van der Waals surface area contributed by atoms with Crippen LogP contribution in [0.4, 0.5) is 11.4 Å². The second kappa shape index (κ2) is 8.30. The predicted molar refractivity (Wildman–Crippen MR) is 96.2 cm³/mol. The number of hydrogen-bond donors (Lipinski definition) is 1. The molecule has 0 radical (unpaired) electrons. The van der Waals surface area contributed by atoms with Crippen molar-refractivity contribution in [1.29, 1.82) is 0 Å². The number of benzene rings is 2. The number of nitrogens with zero attached hydrogens (tertiary/aromatic N) is 2. The fourth-order valence-corrected chi connectivity index (χ4v) is 2.34. The molecule has 0 heterocycles. The van der Waals surface area contributed by atoms with Gasteiger partial charge in [-0.15, -0.1) is 0 Å². The third kappa shape index (κ3) is 4.45. The van der Waals surface area contributed by atoms with Crippen LogP contribution in [0, 0.1) is 10.1 Å². The van der Waals surface area contributed by atoms with Gasteiger partial charge in [0.05, 0.1) is 30.5 Å². The van der Waals surface area contributed by atoms with Gasteiger partial charge in [0.25, 0.3) is 5.69 Å². The summed E-state index contributed by atoms with van der Waals surface area (Å²) in [6, 6.07) is 9.61. The first-order chi connectivity index (χ1) is 11.5. The van der Waals surface area contributed by atoms with Crippen molar-refractivity contribution in [1.82, 2.24) is 0 Å². The quantitative estimate of drug-likeness (QED) is 0.432. The molecule has 7 nitrogen and oxygen atoms in total. The maximum Gasteiger partial charge on any atom is 0.269 e.